The van der Waals surface area contributed by atoms with E-state index in [0.29, 0.717) is 19.1 Å². The fraction of sp³-hybridized carbons (Fsp3) is 0.810. The van der Waals surface area contributed by atoms with E-state index in [1.807, 2.05) is 13.8 Å². The van der Waals surface area contributed by atoms with Crippen LogP contribution in [0.1, 0.15) is 67.7 Å². The Bertz CT molecular complexity index is 616. The number of imide groups is 1. The summed E-state index contributed by atoms with van der Waals surface area (Å²) in [4.78, 5) is 36.3. The van der Waals surface area contributed by atoms with Crippen molar-refractivity contribution in [1.82, 2.24) is 5.32 Å². The maximum absolute atomic E-state index is 12.9. The summed E-state index contributed by atoms with van der Waals surface area (Å²) in [5.74, 6) is -0.947. The standard InChI is InChI=1S/C21H36N2O5/c1-14(24)28-13-19(2,3)16(22)12-17(25)23-18(26)21(6,7)20(4,5)15-8-10-27-11-9-15/h15,22H,8-13H2,1-7H3,(H,23,25,26). The van der Waals surface area contributed by atoms with E-state index in [4.69, 9.17) is 14.9 Å². The molecule has 0 aromatic carbocycles. The van der Waals surface area contributed by atoms with Crippen LogP contribution in [0.4, 0.5) is 0 Å². The minimum atomic E-state index is -0.775. The van der Waals surface area contributed by atoms with Gasteiger partial charge in [-0.2, -0.15) is 0 Å². The molecule has 0 atom stereocenters. The summed E-state index contributed by atoms with van der Waals surface area (Å²) in [5, 5.41) is 10.6. The highest BCUT2D eigenvalue weighted by molar-refractivity contribution is 6.08. The molecule has 2 amide bonds. The number of rotatable bonds is 8. The van der Waals surface area contributed by atoms with Crippen LogP contribution in [0.25, 0.3) is 0 Å². The molecule has 1 aliphatic rings. The van der Waals surface area contributed by atoms with Crippen LogP contribution in [0, 0.1) is 27.6 Å². The Kier molecular flexibility index (Phi) is 7.94. The number of carbonyl (C=O) groups is 3. The fourth-order valence-electron chi connectivity index (χ4n) is 3.32. The van der Waals surface area contributed by atoms with Gasteiger partial charge < -0.3 is 14.9 Å². The molecular formula is C21H36N2O5. The van der Waals surface area contributed by atoms with E-state index in [2.05, 4.69) is 19.2 Å². The van der Waals surface area contributed by atoms with E-state index in [9.17, 15) is 14.4 Å². The van der Waals surface area contributed by atoms with Gasteiger partial charge in [0.2, 0.25) is 11.8 Å². The van der Waals surface area contributed by atoms with Crippen molar-refractivity contribution in [1.29, 1.82) is 5.41 Å². The van der Waals surface area contributed by atoms with Crippen molar-refractivity contribution in [3.8, 4) is 0 Å². The smallest absolute Gasteiger partial charge is 0.302 e. The van der Waals surface area contributed by atoms with Crippen molar-refractivity contribution in [3.05, 3.63) is 0 Å². The Balaban J connectivity index is 2.72. The Morgan fingerprint density at radius 3 is 2.11 bits per heavy atom. The summed E-state index contributed by atoms with van der Waals surface area (Å²) in [6, 6.07) is 0. The minimum absolute atomic E-state index is 0.0185. The summed E-state index contributed by atoms with van der Waals surface area (Å²) in [6.07, 6.45) is 1.58. The number of esters is 1. The van der Waals surface area contributed by atoms with Gasteiger partial charge in [-0.25, -0.2) is 0 Å². The van der Waals surface area contributed by atoms with Gasteiger partial charge >= 0.3 is 5.97 Å². The highest BCUT2D eigenvalue weighted by Gasteiger charge is 2.48. The maximum atomic E-state index is 12.9. The van der Waals surface area contributed by atoms with Gasteiger partial charge in [-0.15, -0.1) is 0 Å². The maximum Gasteiger partial charge on any atom is 0.302 e. The first-order valence-electron chi connectivity index (χ1n) is 9.85. The van der Waals surface area contributed by atoms with Gasteiger partial charge in [0.25, 0.3) is 0 Å². The van der Waals surface area contributed by atoms with Crippen molar-refractivity contribution in [2.24, 2.45) is 22.2 Å². The van der Waals surface area contributed by atoms with Crippen molar-refractivity contribution in [2.75, 3.05) is 19.8 Å². The van der Waals surface area contributed by atoms with Gasteiger partial charge in [0.1, 0.15) is 6.61 Å². The van der Waals surface area contributed by atoms with Crippen LogP contribution in [-0.2, 0) is 23.9 Å². The average Bonchev–Trinajstić information content (AvgIpc) is 2.60. The third-order valence-electron chi connectivity index (χ3n) is 6.46. The van der Waals surface area contributed by atoms with Gasteiger partial charge in [0.15, 0.2) is 0 Å². The van der Waals surface area contributed by atoms with Crippen LogP contribution in [0.15, 0.2) is 0 Å². The van der Waals surface area contributed by atoms with Crippen LogP contribution < -0.4 is 5.32 Å². The predicted molar refractivity (Wildman–Crippen MR) is 107 cm³/mol. The van der Waals surface area contributed by atoms with Crippen molar-refractivity contribution in [2.45, 2.75) is 67.7 Å². The number of ether oxygens (including phenoxy) is 2. The number of nitrogens with one attached hydrogen (secondary N) is 2. The number of amides is 2. The molecule has 7 nitrogen and oxygen atoms in total. The van der Waals surface area contributed by atoms with Gasteiger partial charge in [0, 0.05) is 36.7 Å². The summed E-state index contributed by atoms with van der Waals surface area (Å²) in [6.45, 7) is 14.0. The van der Waals surface area contributed by atoms with E-state index in [-0.39, 0.29) is 30.1 Å². The number of carbonyl (C=O) groups excluding carboxylic acids is 3. The van der Waals surface area contributed by atoms with Gasteiger partial charge in [0.05, 0.1) is 6.42 Å². The largest absolute Gasteiger partial charge is 0.465 e. The average molecular weight is 397 g/mol. The Labute approximate surface area is 168 Å². The van der Waals surface area contributed by atoms with Crippen molar-refractivity contribution >= 4 is 23.5 Å². The molecule has 0 unspecified atom stereocenters. The zero-order valence-electron chi connectivity index (χ0n) is 18.4. The van der Waals surface area contributed by atoms with Crippen LogP contribution in [0.2, 0.25) is 0 Å². The Hall–Kier alpha value is -1.76. The molecule has 1 fully saturated rings. The summed E-state index contributed by atoms with van der Waals surface area (Å²) < 4.78 is 10.4. The summed E-state index contributed by atoms with van der Waals surface area (Å²) in [5.41, 5.74) is -1.74. The van der Waals surface area contributed by atoms with E-state index in [1.165, 1.54) is 6.92 Å². The molecule has 1 rings (SSSR count). The van der Waals surface area contributed by atoms with Gasteiger partial charge in [-0.3, -0.25) is 19.7 Å². The third kappa shape index (κ3) is 5.87. The van der Waals surface area contributed by atoms with E-state index in [0.717, 1.165) is 12.8 Å². The zero-order chi connectivity index (χ0) is 21.8. The van der Waals surface area contributed by atoms with Crippen molar-refractivity contribution in [3.63, 3.8) is 0 Å². The first-order chi connectivity index (χ1) is 12.7. The molecule has 1 aliphatic heterocycles. The molecule has 7 heteroatoms. The lowest BCUT2D eigenvalue weighted by Gasteiger charge is -2.47. The molecule has 0 spiro atoms. The van der Waals surface area contributed by atoms with Gasteiger partial charge in [-0.05, 0) is 24.2 Å². The molecule has 0 radical (unpaired) electrons. The molecule has 0 saturated carbocycles. The van der Waals surface area contributed by atoms with E-state index < -0.39 is 22.7 Å². The second-order valence-electron chi connectivity index (χ2n) is 9.43. The van der Waals surface area contributed by atoms with Gasteiger partial charge in [-0.1, -0.05) is 41.5 Å². The van der Waals surface area contributed by atoms with Crippen LogP contribution in [0.5, 0.6) is 0 Å². The Morgan fingerprint density at radius 1 is 1.07 bits per heavy atom. The zero-order valence-corrected chi connectivity index (χ0v) is 18.4. The summed E-state index contributed by atoms with van der Waals surface area (Å²) >= 11 is 0. The molecule has 0 aliphatic carbocycles. The highest BCUT2D eigenvalue weighted by atomic mass is 16.5. The minimum Gasteiger partial charge on any atom is -0.465 e. The molecule has 0 aromatic rings. The Morgan fingerprint density at radius 2 is 1.61 bits per heavy atom. The lowest BCUT2D eigenvalue weighted by Crippen LogP contribution is -2.52. The SMILES string of the molecule is CC(=O)OCC(C)(C)C(=N)CC(=O)NC(=O)C(C)(C)C(C)(C)C1CCOCC1. The van der Waals surface area contributed by atoms with Crippen molar-refractivity contribution < 1.29 is 23.9 Å². The summed E-state index contributed by atoms with van der Waals surface area (Å²) in [7, 11) is 0. The molecule has 0 aromatic heterocycles. The van der Waals surface area contributed by atoms with Crippen LogP contribution in [0.3, 0.4) is 0 Å². The van der Waals surface area contributed by atoms with E-state index >= 15 is 0 Å². The molecule has 2 N–H and O–H groups in total. The van der Waals surface area contributed by atoms with Crippen LogP contribution in [-0.4, -0.2) is 43.3 Å². The molecule has 28 heavy (non-hydrogen) atoms. The molecule has 1 saturated heterocycles. The lowest BCUT2D eigenvalue weighted by molar-refractivity contribution is -0.144. The molecular weight excluding hydrogens is 360 g/mol. The third-order valence-corrected chi connectivity index (χ3v) is 6.46. The van der Waals surface area contributed by atoms with Crippen LogP contribution >= 0.6 is 0 Å². The normalized spacial score (nSPS) is 16.4. The fourth-order valence-corrected chi connectivity index (χ4v) is 3.32. The second-order valence-corrected chi connectivity index (χ2v) is 9.43. The molecule has 160 valence electrons. The lowest BCUT2D eigenvalue weighted by atomic mass is 9.59. The highest BCUT2D eigenvalue weighted by Crippen LogP contribution is 2.48. The topological polar surface area (TPSA) is 106 Å². The second kappa shape index (κ2) is 9.16. The number of hydrogen-bond donors (Lipinski definition) is 2. The molecule has 0 bridgehead atoms. The van der Waals surface area contributed by atoms with E-state index in [1.54, 1.807) is 13.8 Å². The first kappa shape index (κ1) is 24.3. The quantitative estimate of drug-likeness (QED) is 0.484. The first-order valence-corrected chi connectivity index (χ1v) is 9.85. The number of hydrogen-bond acceptors (Lipinski definition) is 6. The molecule has 1 heterocycles. The predicted octanol–water partition coefficient (Wildman–Crippen LogP) is 3.11. The monoisotopic (exact) mass is 396 g/mol.